The van der Waals surface area contributed by atoms with Crippen molar-refractivity contribution in [2.75, 3.05) is 12.4 Å². The van der Waals surface area contributed by atoms with Crippen LogP contribution in [0.3, 0.4) is 0 Å². The number of hydrogen-bond acceptors (Lipinski definition) is 4. The van der Waals surface area contributed by atoms with Crippen LogP contribution in [-0.2, 0) is 6.61 Å². The Kier molecular flexibility index (Phi) is 5.88. The van der Waals surface area contributed by atoms with Crippen LogP contribution < -0.4 is 14.8 Å². The van der Waals surface area contributed by atoms with E-state index in [9.17, 15) is 9.18 Å². The first-order valence-corrected chi connectivity index (χ1v) is 8.41. The lowest BCUT2D eigenvalue weighted by Crippen LogP contribution is -2.14. The summed E-state index contributed by atoms with van der Waals surface area (Å²) in [6.07, 6.45) is 3.37. The number of pyridine rings is 1. The standard InChI is InChI=1S/C20H16ClFN2O3/c1-26-18-7-5-15(10-19(18)27-12-13-3-2-8-23-11-13)24-20(25)16-9-14(21)4-6-17(16)22/h2-11H,12H2,1H3,(H,24,25). The van der Waals surface area contributed by atoms with Crippen LogP contribution >= 0.6 is 11.6 Å². The van der Waals surface area contributed by atoms with Crippen molar-refractivity contribution in [2.24, 2.45) is 0 Å². The van der Waals surface area contributed by atoms with Gasteiger partial charge in [0.2, 0.25) is 0 Å². The highest BCUT2D eigenvalue weighted by atomic mass is 35.5. The number of anilines is 1. The van der Waals surface area contributed by atoms with Crippen molar-refractivity contribution in [1.29, 1.82) is 0 Å². The van der Waals surface area contributed by atoms with E-state index in [1.54, 1.807) is 30.6 Å². The number of nitrogens with one attached hydrogen (secondary N) is 1. The van der Waals surface area contributed by atoms with Gasteiger partial charge in [-0.25, -0.2) is 4.39 Å². The average molecular weight is 387 g/mol. The van der Waals surface area contributed by atoms with Gasteiger partial charge < -0.3 is 14.8 Å². The smallest absolute Gasteiger partial charge is 0.258 e. The number of carbonyl (C=O) groups is 1. The summed E-state index contributed by atoms with van der Waals surface area (Å²) >= 11 is 5.84. The van der Waals surface area contributed by atoms with Crippen LogP contribution in [0.1, 0.15) is 15.9 Å². The molecule has 0 atom stereocenters. The van der Waals surface area contributed by atoms with E-state index in [0.717, 1.165) is 11.6 Å². The molecule has 3 aromatic rings. The number of hydrogen-bond donors (Lipinski definition) is 1. The molecule has 3 rings (SSSR count). The van der Waals surface area contributed by atoms with Crippen molar-refractivity contribution < 1.29 is 18.7 Å². The molecule has 0 spiro atoms. The van der Waals surface area contributed by atoms with Crippen LogP contribution in [0.25, 0.3) is 0 Å². The Morgan fingerprint density at radius 2 is 2.04 bits per heavy atom. The molecule has 0 saturated carbocycles. The summed E-state index contributed by atoms with van der Waals surface area (Å²) in [6.45, 7) is 0.282. The summed E-state index contributed by atoms with van der Waals surface area (Å²) in [5.41, 5.74) is 1.17. The summed E-state index contributed by atoms with van der Waals surface area (Å²) in [5.74, 6) is -0.326. The van der Waals surface area contributed by atoms with E-state index in [-0.39, 0.29) is 17.2 Å². The monoisotopic (exact) mass is 386 g/mol. The lowest BCUT2D eigenvalue weighted by molar-refractivity contribution is 0.102. The van der Waals surface area contributed by atoms with E-state index < -0.39 is 11.7 Å². The molecule has 0 bridgehead atoms. The van der Waals surface area contributed by atoms with Crippen molar-refractivity contribution in [3.05, 3.63) is 82.9 Å². The number of nitrogens with zero attached hydrogens (tertiary/aromatic N) is 1. The van der Waals surface area contributed by atoms with Gasteiger partial charge in [-0.05, 0) is 36.4 Å². The Morgan fingerprint density at radius 3 is 2.78 bits per heavy atom. The second kappa shape index (κ2) is 8.51. The number of benzene rings is 2. The maximum atomic E-state index is 13.9. The highest BCUT2D eigenvalue weighted by molar-refractivity contribution is 6.31. The normalized spacial score (nSPS) is 10.3. The van der Waals surface area contributed by atoms with E-state index in [4.69, 9.17) is 21.1 Å². The Bertz CT molecular complexity index is 951. The lowest BCUT2D eigenvalue weighted by Gasteiger charge is -2.13. The predicted molar refractivity (Wildman–Crippen MR) is 101 cm³/mol. The predicted octanol–water partition coefficient (Wildman–Crippen LogP) is 4.71. The van der Waals surface area contributed by atoms with Gasteiger partial charge in [-0.2, -0.15) is 0 Å². The van der Waals surface area contributed by atoms with E-state index in [2.05, 4.69) is 10.3 Å². The maximum Gasteiger partial charge on any atom is 0.258 e. The van der Waals surface area contributed by atoms with Crippen LogP contribution in [0.15, 0.2) is 60.9 Å². The molecular formula is C20H16ClFN2O3. The zero-order valence-electron chi connectivity index (χ0n) is 14.4. The summed E-state index contributed by atoms with van der Waals surface area (Å²) in [7, 11) is 1.52. The number of ether oxygens (including phenoxy) is 2. The Labute approximate surface area is 160 Å². The molecule has 5 nitrogen and oxygen atoms in total. The number of methoxy groups -OCH3 is 1. The molecule has 0 saturated heterocycles. The van der Waals surface area contributed by atoms with Crippen molar-refractivity contribution in [3.8, 4) is 11.5 Å². The molecule has 0 aliphatic rings. The molecule has 1 heterocycles. The van der Waals surface area contributed by atoms with Gasteiger partial charge >= 0.3 is 0 Å². The minimum atomic E-state index is -0.654. The first-order chi connectivity index (χ1) is 13.1. The van der Waals surface area contributed by atoms with E-state index >= 15 is 0 Å². The molecule has 0 aliphatic heterocycles. The zero-order chi connectivity index (χ0) is 19.2. The summed E-state index contributed by atoms with van der Waals surface area (Å²) < 4.78 is 24.9. The molecule has 1 N–H and O–H groups in total. The molecule has 0 radical (unpaired) electrons. The van der Waals surface area contributed by atoms with Crippen molar-refractivity contribution in [2.45, 2.75) is 6.61 Å². The Morgan fingerprint density at radius 1 is 1.19 bits per heavy atom. The third-order valence-electron chi connectivity index (χ3n) is 3.71. The number of carbonyl (C=O) groups excluding carboxylic acids is 1. The highest BCUT2D eigenvalue weighted by Gasteiger charge is 2.14. The maximum absolute atomic E-state index is 13.9. The van der Waals surface area contributed by atoms with Crippen LogP contribution in [-0.4, -0.2) is 18.0 Å². The van der Waals surface area contributed by atoms with Gasteiger partial charge in [0.1, 0.15) is 12.4 Å². The fourth-order valence-corrected chi connectivity index (χ4v) is 2.55. The number of aromatic nitrogens is 1. The molecule has 1 aromatic heterocycles. The van der Waals surface area contributed by atoms with Crippen LogP contribution in [0.5, 0.6) is 11.5 Å². The molecule has 7 heteroatoms. The van der Waals surface area contributed by atoms with Crippen molar-refractivity contribution in [3.63, 3.8) is 0 Å². The Hall–Kier alpha value is -3.12. The van der Waals surface area contributed by atoms with Gasteiger partial charge in [0.15, 0.2) is 11.5 Å². The molecular weight excluding hydrogens is 371 g/mol. The quantitative estimate of drug-likeness (QED) is 0.666. The number of rotatable bonds is 6. The molecule has 0 aliphatic carbocycles. The molecule has 27 heavy (non-hydrogen) atoms. The third-order valence-corrected chi connectivity index (χ3v) is 3.95. The Balaban J connectivity index is 1.78. The molecule has 2 aromatic carbocycles. The first kappa shape index (κ1) is 18.7. The van der Waals surface area contributed by atoms with E-state index in [1.807, 2.05) is 12.1 Å². The van der Waals surface area contributed by atoms with Gasteiger partial charge in [0.25, 0.3) is 5.91 Å². The van der Waals surface area contributed by atoms with Gasteiger partial charge in [-0.1, -0.05) is 17.7 Å². The largest absolute Gasteiger partial charge is 0.493 e. The topological polar surface area (TPSA) is 60.5 Å². The summed E-state index contributed by atoms with van der Waals surface area (Å²) in [5, 5.41) is 2.91. The number of amides is 1. The highest BCUT2D eigenvalue weighted by Crippen LogP contribution is 2.31. The number of halogens is 2. The SMILES string of the molecule is COc1ccc(NC(=O)c2cc(Cl)ccc2F)cc1OCc1cccnc1. The van der Waals surface area contributed by atoms with Crippen LogP contribution in [0.4, 0.5) is 10.1 Å². The van der Waals surface area contributed by atoms with Crippen LogP contribution in [0.2, 0.25) is 5.02 Å². The van der Waals surface area contributed by atoms with Crippen molar-refractivity contribution >= 4 is 23.2 Å². The van der Waals surface area contributed by atoms with Gasteiger partial charge in [0.05, 0.1) is 12.7 Å². The van der Waals surface area contributed by atoms with Gasteiger partial charge in [-0.3, -0.25) is 9.78 Å². The molecule has 0 fully saturated rings. The summed E-state index contributed by atoms with van der Waals surface area (Å²) in [6, 6.07) is 12.4. The van der Waals surface area contributed by atoms with Crippen LogP contribution in [0, 0.1) is 5.82 Å². The summed E-state index contributed by atoms with van der Waals surface area (Å²) in [4.78, 5) is 16.4. The fourth-order valence-electron chi connectivity index (χ4n) is 2.38. The van der Waals surface area contributed by atoms with Gasteiger partial charge in [0, 0.05) is 34.7 Å². The average Bonchev–Trinajstić information content (AvgIpc) is 2.69. The fraction of sp³-hybridized carbons (Fsp3) is 0.100. The minimum Gasteiger partial charge on any atom is -0.493 e. The van der Waals surface area contributed by atoms with Gasteiger partial charge in [-0.15, -0.1) is 0 Å². The molecule has 0 unspecified atom stereocenters. The first-order valence-electron chi connectivity index (χ1n) is 8.03. The van der Waals surface area contributed by atoms with Crippen molar-refractivity contribution in [1.82, 2.24) is 4.98 Å². The molecule has 138 valence electrons. The third kappa shape index (κ3) is 4.74. The van der Waals surface area contributed by atoms with E-state index in [1.165, 1.54) is 19.2 Å². The second-order valence-corrected chi connectivity index (χ2v) is 6.03. The zero-order valence-corrected chi connectivity index (χ0v) is 15.2. The molecule has 1 amide bonds. The van der Waals surface area contributed by atoms with E-state index in [0.29, 0.717) is 17.2 Å². The minimum absolute atomic E-state index is 0.142. The second-order valence-electron chi connectivity index (χ2n) is 5.59. The lowest BCUT2D eigenvalue weighted by atomic mass is 10.2.